The summed E-state index contributed by atoms with van der Waals surface area (Å²) >= 11 is 0. The molecule has 0 unspecified atom stereocenters. The van der Waals surface area contributed by atoms with Gasteiger partial charge in [-0.1, -0.05) is 29.8 Å². The van der Waals surface area contributed by atoms with Gasteiger partial charge in [-0.2, -0.15) is 10.2 Å². The second kappa shape index (κ2) is 7.81. The van der Waals surface area contributed by atoms with Gasteiger partial charge in [-0.3, -0.25) is 24.3 Å². The number of hydrogen-bond acceptors (Lipinski definition) is 5. The third-order valence-electron chi connectivity index (χ3n) is 4.20. The molecule has 0 bridgehead atoms. The summed E-state index contributed by atoms with van der Waals surface area (Å²) in [4.78, 5) is 22.4. The van der Waals surface area contributed by atoms with Crippen LogP contribution in [-0.4, -0.2) is 30.4 Å². The Bertz CT molecular complexity index is 958. The molecule has 0 aliphatic rings. The van der Waals surface area contributed by atoms with Crippen molar-refractivity contribution in [2.75, 3.05) is 5.32 Å². The minimum absolute atomic E-state index is 0.0507. The molecule has 3 aromatic rings. The second-order valence-electron chi connectivity index (χ2n) is 6.28. The van der Waals surface area contributed by atoms with Gasteiger partial charge in [0, 0.05) is 18.7 Å². The molecule has 0 aliphatic heterocycles. The molecule has 140 valence electrons. The Morgan fingerprint density at radius 1 is 1.22 bits per heavy atom. The molecular formula is C18H20N6O3. The molecule has 0 atom stereocenters. The van der Waals surface area contributed by atoms with E-state index >= 15 is 0 Å². The van der Waals surface area contributed by atoms with Crippen LogP contribution in [0.25, 0.3) is 0 Å². The summed E-state index contributed by atoms with van der Waals surface area (Å²) in [5.74, 6) is 0.239. The standard InChI is InChI=1S/C18H20N6O3/c1-13-3-5-15(6-4-13)12-22-9-7-17(21-22)20-18(25)8-10-23-14(2)16(11-19-23)24(26)27/h3-7,9,11H,8,10,12H2,1-2H3,(H,20,21,25). The maximum atomic E-state index is 12.1. The number of amides is 1. The molecule has 0 spiro atoms. The van der Waals surface area contributed by atoms with Gasteiger partial charge in [0.2, 0.25) is 5.91 Å². The van der Waals surface area contributed by atoms with Crippen molar-refractivity contribution in [1.29, 1.82) is 0 Å². The van der Waals surface area contributed by atoms with E-state index in [1.807, 2.05) is 31.2 Å². The number of hydrogen-bond donors (Lipinski definition) is 1. The van der Waals surface area contributed by atoms with Crippen molar-refractivity contribution in [3.8, 4) is 0 Å². The van der Waals surface area contributed by atoms with Gasteiger partial charge in [0.05, 0.1) is 18.0 Å². The lowest BCUT2D eigenvalue weighted by Crippen LogP contribution is -2.16. The highest BCUT2D eigenvalue weighted by Crippen LogP contribution is 2.16. The van der Waals surface area contributed by atoms with Crippen LogP contribution in [0.15, 0.2) is 42.7 Å². The van der Waals surface area contributed by atoms with Crippen LogP contribution in [0.4, 0.5) is 11.5 Å². The molecule has 9 nitrogen and oxygen atoms in total. The van der Waals surface area contributed by atoms with Crippen LogP contribution in [0.3, 0.4) is 0 Å². The van der Waals surface area contributed by atoms with E-state index in [1.54, 1.807) is 23.9 Å². The number of benzene rings is 1. The zero-order valence-electron chi connectivity index (χ0n) is 15.1. The number of rotatable bonds is 7. The van der Waals surface area contributed by atoms with Crippen LogP contribution in [0, 0.1) is 24.0 Å². The van der Waals surface area contributed by atoms with Crippen LogP contribution in [0.5, 0.6) is 0 Å². The molecule has 27 heavy (non-hydrogen) atoms. The van der Waals surface area contributed by atoms with Crippen molar-refractivity contribution in [2.45, 2.75) is 33.4 Å². The molecule has 1 N–H and O–H groups in total. The van der Waals surface area contributed by atoms with E-state index in [9.17, 15) is 14.9 Å². The summed E-state index contributed by atoms with van der Waals surface area (Å²) in [5, 5.41) is 21.8. The van der Waals surface area contributed by atoms with E-state index in [-0.39, 0.29) is 24.6 Å². The van der Waals surface area contributed by atoms with Gasteiger partial charge in [-0.15, -0.1) is 0 Å². The Morgan fingerprint density at radius 2 is 1.96 bits per heavy atom. The molecule has 1 amide bonds. The van der Waals surface area contributed by atoms with E-state index < -0.39 is 4.92 Å². The van der Waals surface area contributed by atoms with Crippen LogP contribution in [0.1, 0.15) is 23.2 Å². The van der Waals surface area contributed by atoms with Gasteiger partial charge < -0.3 is 5.32 Å². The van der Waals surface area contributed by atoms with Crippen molar-refractivity contribution in [3.05, 3.63) is 69.7 Å². The first-order valence-electron chi connectivity index (χ1n) is 8.48. The quantitative estimate of drug-likeness (QED) is 0.509. The van der Waals surface area contributed by atoms with Gasteiger partial charge in [0.15, 0.2) is 5.82 Å². The number of anilines is 1. The van der Waals surface area contributed by atoms with Crippen molar-refractivity contribution < 1.29 is 9.72 Å². The molecule has 0 fully saturated rings. The van der Waals surface area contributed by atoms with Crippen molar-refractivity contribution in [2.24, 2.45) is 0 Å². The smallest absolute Gasteiger partial charge is 0.309 e. The average Bonchev–Trinajstić information content (AvgIpc) is 3.21. The highest BCUT2D eigenvalue weighted by atomic mass is 16.6. The Morgan fingerprint density at radius 3 is 2.63 bits per heavy atom. The fourth-order valence-corrected chi connectivity index (χ4v) is 2.65. The summed E-state index contributed by atoms with van der Waals surface area (Å²) in [6, 6.07) is 9.91. The number of nitro groups is 1. The first-order valence-corrected chi connectivity index (χ1v) is 8.48. The first kappa shape index (κ1) is 18.3. The number of aryl methyl sites for hydroxylation is 2. The van der Waals surface area contributed by atoms with Crippen molar-refractivity contribution in [3.63, 3.8) is 0 Å². The van der Waals surface area contributed by atoms with Gasteiger partial charge in [0.1, 0.15) is 11.9 Å². The Kier molecular flexibility index (Phi) is 5.30. The molecule has 0 aliphatic carbocycles. The molecule has 0 saturated heterocycles. The third kappa shape index (κ3) is 4.57. The third-order valence-corrected chi connectivity index (χ3v) is 4.20. The van der Waals surface area contributed by atoms with Crippen molar-refractivity contribution >= 4 is 17.4 Å². The normalized spacial score (nSPS) is 10.7. The summed E-state index contributed by atoms with van der Waals surface area (Å²) in [6.45, 7) is 4.52. The molecule has 2 heterocycles. The first-order chi connectivity index (χ1) is 12.9. The fourth-order valence-electron chi connectivity index (χ4n) is 2.65. The van der Waals surface area contributed by atoms with Crippen LogP contribution < -0.4 is 5.32 Å². The minimum Gasteiger partial charge on any atom is -0.309 e. The zero-order chi connectivity index (χ0) is 19.4. The minimum atomic E-state index is -0.487. The van der Waals surface area contributed by atoms with Crippen molar-refractivity contribution in [1.82, 2.24) is 19.6 Å². The largest absolute Gasteiger partial charge is 0.309 e. The van der Waals surface area contributed by atoms with Gasteiger partial charge in [-0.05, 0) is 19.4 Å². The monoisotopic (exact) mass is 368 g/mol. The van der Waals surface area contributed by atoms with Crippen LogP contribution in [-0.2, 0) is 17.9 Å². The molecule has 0 saturated carbocycles. The SMILES string of the molecule is Cc1ccc(Cn2ccc(NC(=O)CCn3ncc([N+](=O)[O-])c3C)n2)cc1. The predicted octanol–water partition coefficient (Wildman–Crippen LogP) is 2.68. The highest BCUT2D eigenvalue weighted by Gasteiger charge is 2.16. The lowest BCUT2D eigenvalue weighted by atomic mass is 10.1. The summed E-state index contributed by atoms with van der Waals surface area (Å²) in [5.41, 5.74) is 2.70. The van der Waals surface area contributed by atoms with E-state index in [0.717, 1.165) is 5.56 Å². The van der Waals surface area contributed by atoms with Gasteiger partial charge in [0.25, 0.3) is 0 Å². The molecule has 2 aromatic heterocycles. The van der Waals surface area contributed by atoms with Gasteiger partial charge in [-0.25, -0.2) is 0 Å². The number of aromatic nitrogens is 4. The lowest BCUT2D eigenvalue weighted by molar-refractivity contribution is -0.385. The summed E-state index contributed by atoms with van der Waals surface area (Å²) in [6.07, 6.45) is 3.14. The number of carbonyl (C=O) groups is 1. The lowest BCUT2D eigenvalue weighted by Gasteiger charge is -2.05. The predicted molar refractivity (Wildman–Crippen MR) is 99.4 cm³/mol. The van der Waals surface area contributed by atoms with Crippen LogP contribution >= 0.6 is 0 Å². The zero-order valence-corrected chi connectivity index (χ0v) is 15.1. The summed E-state index contributed by atoms with van der Waals surface area (Å²) in [7, 11) is 0. The number of nitrogens with zero attached hydrogens (tertiary/aromatic N) is 5. The average molecular weight is 368 g/mol. The fraction of sp³-hybridized carbons (Fsp3) is 0.278. The highest BCUT2D eigenvalue weighted by molar-refractivity contribution is 5.89. The molecule has 0 radical (unpaired) electrons. The van der Waals surface area contributed by atoms with E-state index in [4.69, 9.17) is 0 Å². The molecule has 9 heteroatoms. The topological polar surface area (TPSA) is 108 Å². The van der Waals surface area contributed by atoms with E-state index in [1.165, 1.54) is 16.4 Å². The maximum absolute atomic E-state index is 12.1. The van der Waals surface area contributed by atoms with E-state index in [2.05, 4.69) is 15.5 Å². The Balaban J connectivity index is 1.53. The number of nitrogens with one attached hydrogen (secondary N) is 1. The second-order valence-corrected chi connectivity index (χ2v) is 6.28. The summed E-state index contributed by atoms with van der Waals surface area (Å²) < 4.78 is 3.20. The van der Waals surface area contributed by atoms with Gasteiger partial charge >= 0.3 is 5.69 Å². The van der Waals surface area contributed by atoms with Crippen LogP contribution in [0.2, 0.25) is 0 Å². The number of carbonyl (C=O) groups excluding carboxylic acids is 1. The molecular weight excluding hydrogens is 348 g/mol. The molecule has 3 rings (SSSR count). The Hall–Kier alpha value is -3.49. The molecule has 1 aromatic carbocycles. The Labute approximate surface area is 155 Å². The maximum Gasteiger partial charge on any atom is 0.309 e. The van der Waals surface area contributed by atoms with E-state index in [0.29, 0.717) is 18.1 Å².